The Bertz CT molecular complexity index is 846. The monoisotopic (exact) mass is 438 g/mol. The smallest absolute Gasteiger partial charge is 0.333 e. The molecule has 1 aromatic rings. The van der Waals surface area contributed by atoms with Crippen LogP contribution in [0.5, 0.6) is 0 Å². The van der Waals surface area contributed by atoms with E-state index in [2.05, 4.69) is 6.58 Å². The van der Waals surface area contributed by atoms with Crippen LogP contribution in [0.4, 0.5) is 0 Å². The Labute approximate surface area is 175 Å². The number of ether oxygens (including phenoxy) is 1. The molecule has 0 bridgehead atoms. The second-order valence-electron chi connectivity index (χ2n) is 6.83. The van der Waals surface area contributed by atoms with Gasteiger partial charge < -0.3 is 9.29 Å². The van der Waals surface area contributed by atoms with Crippen LogP contribution in [-0.2, 0) is 40.9 Å². The average molecular weight is 439 g/mol. The lowest BCUT2D eigenvalue weighted by molar-refractivity contribution is -0.171. The number of nitrogens with zero attached hydrogens (tertiary/aromatic N) is 2. The Morgan fingerprint density at radius 1 is 1.28 bits per heavy atom. The van der Waals surface area contributed by atoms with E-state index in [0.717, 1.165) is 15.4 Å². The lowest BCUT2D eigenvalue weighted by atomic mass is 9.98. The summed E-state index contributed by atoms with van der Waals surface area (Å²) in [7, 11) is 3.64. The first-order valence-corrected chi connectivity index (χ1v) is 10.9. The highest BCUT2D eigenvalue weighted by atomic mass is 35.7. The zero-order chi connectivity index (χ0) is 21.3. The van der Waals surface area contributed by atoms with E-state index < -0.39 is 51.5 Å². The number of carbonyl (C=O) groups is 4. The largest absolute Gasteiger partial charge is 0.597 e. The lowest BCUT2D eigenvalue weighted by Gasteiger charge is -2.49. The summed E-state index contributed by atoms with van der Waals surface area (Å²) in [5, 5.41) is -1.22. The molecule has 2 saturated heterocycles. The lowest BCUT2D eigenvalue weighted by Crippen LogP contribution is -2.76. The minimum atomic E-state index is -2.14. The molecular weight excluding hydrogens is 420 g/mol. The Morgan fingerprint density at radius 3 is 2.38 bits per heavy atom. The highest BCUT2D eigenvalue weighted by Crippen LogP contribution is 2.37. The fraction of sp³-hybridized carbons (Fsp3) is 0.368. The van der Waals surface area contributed by atoms with Crippen LogP contribution < -0.4 is 0 Å². The number of carbonyl (C=O) groups excluding carboxylic acids is 4. The third-order valence-corrected chi connectivity index (χ3v) is 6.21. The van der Waals surface area contributed by atoms with Gasteiger partial charge in [-0.25, -0.2) is 4.79 Å². The maximum atomic E-state index is 12.8. The molecule has 4 atom stereocenters. The van der Waals surface area contributed by atoms with Gasteiger partial charge in [0.2, 0.25) is 17.2 Å². The van der Waals surface area contributed by atoms with E-state index in [1.165, 1.54) is 6.92 Å². The van der Waals surface area contributed by atoms with Gasteiger partial charge in [0.15, 0.2) is 22.8 Å². The van der Waals surface area contributed by atoms with Gasteiger partial charge in [0.05, 0.1) is 10.4 Å². The van der Waals surface area contributed by atoms with Crippen molar-refractivity contribution < 1.29 is 28.5 Å². The van der Waals surface area contributed by atoms with Crippen LogP contribution in [0.1, 0.15) is 25.3 Å². The number of esters is 1. The van der Waals surface area contributed by atoms with Crippen LogP contribution in [0.25, 0.3) is 0 Å². The number of hydrogen-bond acceptors (Lipinski definition) is 6. The molecule has 0 N–H and O–H groups in total. The van der Waals surface area contributed by atoms with E-state index in [-0.39, 0.29) is 25.0 Å². The number of rotatable bonds is 7. The normalized spacial score (nSPS) is 23.6. The average Bonchev–Trinajstić information content (AvgIpc) is 3.00. The van der Waals surface area contributed by atoms with E-state index in [9.17, 15) is 23.7 Å². The molecule has 2 aliphatic rings. The van der Waals surface area contributed by atoms with E-state index in [1.807, 2.05) is 6.07 Å². The molecule has 10 heteroatoms. The maximum Gasteiger partial charge on any atom is 0.333 e. The summed E-state index contributed by atoms with van der Waals surface area (Å²) in [5.74, 6) is -2.52. The quantitative estimate of drug-likeness (QED) is 0.208. The van der Waals surface area contributed by atoms with Gasteiger partial charge in [0.1, 0.15) is 6.61 Å². The summed E-state index contributed by atoms with van der Waals surface area (Å²) in [6.07, 6.45) is -0.0411. The van der Waals surface area contributed by atoms with Crippen LogP contribution in [0.2, 0.25) is 0 Å². The number of hydrogen-bond donors (Lipinski definition) is 0. The molecule has 2 fully saturated rings. The van der Waals surface area contributed by atoms with Crippen molar-refractivity contribution in [3.63, 3.8) is 0 Å². The van der Waals surface area contributed by atoms with Gasteiger partial charge in [0, 0.05) is 12.8 Å². The number of benzene rings is 1. The molecule has 2 heterocycles. The van der Waals surface area contributed by atoms with Gasteiger partial charge in [-0.05, 0) is 18.1 Å². The number of β-lactam (4-membered cyclic amide) rings is 1. The molecule has 0 saturated carbocycles. The molecule has 3 rings (SSSR count). The molecule has 29 heavy (non-hydrogen) atoms. The molecule has 2 aliphatic heterocycles. The number of amides is 3. The van der Waals surface area contributed by atoms with Crippen LogP contribution in [0.3, 0.4) is 0 Å². The molecule has 1 aromatic carbocycles. The summed E-state index contributed by atoms with van der Waals surface area (Å²) in [6, 6.07) is 6.42. The van der Waals surface area contributed by atoms with Gasteiger partial charge in [-0.15, -0.1) is 0 Å². The Hall–Kier alpha value is -2.36. The van der Waals surface area contributed by atoms with Crippen LogP contribution >= 0.6 is 10.7 Å². The van der Waals surface area contributed by atoms with Crippen LogP contribution in [0, 0.1) is 0 Å². The zero-order valence-corrected chi connectivity index (χ0v) is 17.1. The molecule has 4 unspecified atom stereocenters. The third-order valence-electron chi connectivity index (χ3n) is 4.80. The molecule has 8 nitrogen and oxygen atoms in total. The topological polar surface area (TPSA) is 107 Å². The van der Waals surface area contributed by atoms with Crippen molar-refractivity contribution >= 4 is 44.8 Å². The summed E-state index contributed by atoms with van der Waals surface area (Å²) in [4.78, 5) is 51.3. The number of imide groups is 1. The second-order valence-corrected chi connectivity index (χ2v) is 8.72. The van der Waals surface area contributed by atoms with Crippen molar-refractivity contribution in [3.05, 3.63) is 48.0 Å². The summed E-state index contributed by atoms with van der Waals surface area (Å²) >= 11 is 0. The van der Waals surface area contributed by atoms with Crippen molar-refractivity contribution in [2.75, 3.05) is 0 Å². The van der Waals surface area contributed by atoms with Gasteiger partial charge in [-0.2, -0.15) is 0 Å². The predicted octanol–water partition coefficient (Wildman–Crippen LogP) is 1.26. The van der Waals surface area contributed by atoms with Gasteiger partial charge in [0.25, 0.3) is 5.91 Å². The molecule has 0 spiro atoms. The predicted molar refractivity (Wildman–Crippen MR) is 104 cm³/mol. The summed E-state index contributed by atoms with van der Waals surface area (Å²) in [5.41, 5.74) is 1.03. The molecule has 154 valence electrons. The highest BCUT2D eigenvalue weighted by molar-refractivity contribution is 8.14. The zero-order valence-electron chi connectivity index (χ0n) is 15.6. The van der Waals surface area contributed by atoms with E-state index in [1.54, 1.807) is 24.3 Å². The van der Waals surface area contributed by atoms with Crippen LogP contribution in [-0.4, -0.2) is 55.5 Å². The van der Waals surface area contributed by atoms with Crippen molar-refractivity contribution in [2.45, 2.75) is 43.8 Å². The fourth-order valence-electron chi connectivity index (χ4n) is 3.44. The standard InChI is InChI=1S/C19H19ClN2O6S/c1-11(2)15(19(26)28-10-12-6-4-3-5-7-12)22-17(25)16(18(22)29(20)27)21-13(23)8-9-14(21)24/h3-7,15-16,18H,1,8-10H2,2H3. The molecular formula is C19H19ClN2O6S. The first-order valence-electron chi connectivity index (χ1n) is 8.84. The molecule has 0 aromatic heterocycles. The molecule has 0 aliphatic carbocycles. The minimum absolute atomic E-state index is 0.0205. The van der Waals surface area contributed by atoms with Gasteiger partial charge in [-0.3, -0.25) is 24.2 Å². The SMILES string of the molecule is C=C(C)C(C(=O)OCc1ccccc1)N1C(=O)C(N2C(=O)CCC2=O)C1[S+]([O-])Cl. The van der Waals surface area contributed by atoms with E-state index in [4.69, 9.17) is 15.4 Å². The van der Waals surface area contributed by atoms with Crippen LogP contribution in [0.15, 0.2) is 42.5 Å². The van der Waals surface area contributed by atoms with Crippen molar-refractivity contribution in [1.82, 2.24) is 9.80 Å². The molecule has 3 amide bonds. The third kappa shape index (κ3) is 4.03. The Morgan fingerprint density at radius 2 is 1.86 bits per heavy atom. The first kappa shape index (κ1) is 21.4. The van der Waals surface area contributed by atoms with E-state index >= 15 is 0 Å². The van der Waals surface area contributed by atoms with Crippen molar-refractivity contribution in [1.29, 1.82) is 0 Å². The van der Waals surface area contributed by atoms with Gasteiger partial charge >= 0.3 is 5.97 Å². The van der Waals surface area contributed by atoms with Gasteiger partial charge in [-0.1, -0.05) is 36.9 Å². The number of halogens is 1. The fourth-order valence-corrected chi connectivity index (χ4v) is 4.83. The maximum absolute atomic E-state index is 12.8. The second kappa shape index (κ2) is 8.56. The highest BCUT2D eigenvalue weighted by Gasteiger charge is 2.64. The minimum Gasteiger partial charge on any atom is -0.597 e. The molecule has 0 radical (unpaired) electrons. The first-order chi connectivity index (χ1) is 13.7. The Balaban J connectivity index is 1.80. The number of likely N-dealkylation sites (tertiary alicyclic amines) is 2. The van der Waals surface area contributed by atoms with E-state index in [0.29, 0.717) is 0 Å². The summed E-state index contributed by atoms with van der Waals surface area (Å²) in [6.45, 7) is 5.23. The Kier molecular flexibility index (Phi) is 6.30. The van der Waals surface area contributed by atoms with Crippen molar-refractivity contribution in [3.8, 4) is 0 Å². The van der Waals surface area contributed by atoms with Crippen molar-refractivity contribution in [2.24, 2.45) is 0 Å². The summed E-state index contributed by atoms with van der Waals surface area (Å²) < 4.78 is 17.4.